The number of amides is 1. The van der Waals surface area contributed by atoms with Crippen LogP contribution < -0.4 is 0 Å². The summed E-state index contributed by atoms with van der Waals surface area (Å²) in [5, 5.41) is 8.46. The zero-order valence-corrected chi connectivity index (χ0v) is 17.5. The number of thiophene rings is 1. The average molecular weight is 413 g/mol. The summed E-state index contributed by atoms with van der Waals surface area (Å²) in [6.07, 6.45) is 7.39. The van der Waals surface area contributed by atoms with Gasteiger partial charge in [0.15, 0.2) is 0 Å². The van der Waals surface area contributed by atoms with E-state index in [1.165, 1.54) is 43.6 Å². The third kappa shape index (κ3) is 4.04. The lowest BCUT2D eigenvalue weighted by Crippen LogP contribution is -2.47. The normalized spacial score (nSPS) is 24.3. The molecule has 2 aromatic heterocycles. The molecule has 0 aliphatic carbocycles. The quantitative estimate of drug-likeness (QED) is 0.753. The SMILES string of the molecule is O=C(CN1CCC(N2CCCC2)CC1)N1N=C(c2ccco2)CC1c1cccs1. The Hall–Kier alpha value is -1.96. The Balaban J connectivity index is 1.24. The molecule has 0 aromatic carbocycles. The molecule has 7 heteroatoms. The van der Waals surface area contributed by atoms with Gasteiger partial charge >= 0.3 is 0 Å². The second kappa shape index (κ2) is 8.42. The zero-order chi connectivity index (χ0) is 19.6. The molecule has 2 fully saturated rings. The molecule has 154 valence electrons. The predicted molar refractivity (Wildman–Crippen MR) is 114 cm³/mol. The van der Waals surface area contributed by atoms with Crippen LogP contribution in [0.3, 0.4) is 0 Å². The Kier molecular flexibility index (Phi) is 5.52. The molecule has 0 saturated carbocycles. The number of likely N-dealkylation sites (tertiary alicyclic amines) is 2. The summed E-state index contributed by atoms with van der Waals surface area (Å²) in [6.45, 7) is 4.95. The predicted octanol–water partition coefficient (Wildman–Crippen LogP) is 3.58. The van der Waals surface area contributed by atoms with E-state index >= 15 is 0 Å². The Morgan fingerprint density at radius 3 is 2.66 bits per heavy atom. The van der Waals surface area contributed by atoms with E-state index in [1.54, 1.807) is 22.6 Å². The van der Waals surface area contributed by atoms with Crippen LogP contribution in [0.4, 0.5) is 0 Å². The molecule has 1 amide bonds. The van der Waals surface area contributed by atoms with Gasteiger partial charge in [-0.25, -0.2) is 5.01 Å². The van der Waals surface area contributed by atoms with Gasteiger partial charge in [0.25, 0.3) is 5.91 Å². The van der Waals surface area contributed by atoms with Crippen LogP contribution in [0.5, 0.6) is 0 Å². The molecule has 0 N–H and O–H groups in total. The Bertz CT molecular complexity index is 834. The largest absolute Gasteiger partial charge is 0.463 e. The summed E-state index contributed by atoms with van der Waals surface area (Å²) in [5.74, 6) is 0.845. The van der Waals surface area contributed by atoms with Crippen LogP contribution in [0.2, 0.25) is 0 Å². The zero-order valence-electron chi connectivity index (χ0n) is 16.7. The van der Waals surface area contributed by atoms with Gasteiger partial charge in [-0.2, -0.15) is 5.10 Å². The van der Waals surface area contributed by atoms with E-state index in [0.717, 1.165) is 24.6 Å². The highest BCUT2D eigenvalue weighted by Gasteiger charge is 2.36. The first-order valence-electron chi connectivity index (χ1n) is 10.7. The van der Waals surface area contributed by atoms with E-state index in [1.807, 2.05) is 18.2 Å². The molecule has 2 aromatic rings. The lowest BCUT2D eigenvalue weighted by atomic mass is 10.0. The smallest absolute Gasteiger partial charge is 0.257 e. The number of carbonyl (C=O) groups excluding carboxylic acids is 1. The van der Waals surface area contributed by atoms with E-state index in [9.17, 15) is 4.79 Å². The van der Waals surface area contributed by atoms with Crippen LogP contribution in [-0.2, 0) is 4.79 Å². The van der Waals surface area contributed by atoms with Crippen molar-refractivity contribution in [1.29, 1.82) is 0 Å². The van der Waals surface area contributed by atoms with Crippen LogP contribution in [0, 0.1) is 0 Å². The minimum absolute atomic E-state index is 0.0234. The summed E-state index contributed by atoms with van der Waals surface area (Å²) in [7, 11) is 0. The Labute approximate surface area is 175 Å². The Morgan fingerprint density at radius 1 is 1.14 bits per heavy atom. The Morgan fingerprint density at radius 2 is 1.97 bits per heavy atom. The third-order valence-electron chi connectivity index (χ3n) is 6.42. The molecule has 5 rings (SSSR count). The van der Waals surface area contributed by atoms with Crippen LogP contribution >= 0.6 is 11.3 Å². The topological polar surface area (TPSA) is 52.3 Å². The molecule has 3 aliphatic rings. The van der Waals surface area contributed by atoms with Crippen molar-refractivity contribution in [2.45, 2.75) is 44.2 Å². The average Bonchev–Trinajstić information content (AvgIpc) is 3.55. The highest BCUT2D eigenvalue weighted by molar-refractivity contribution is 7.10. The number of rotatable bonds is 5. The standard InChI is InChI=1S/C22H28N4O2S/c27-22(16-24-11-7-17(8-12-24)25-9-1-2-10-25)26-19(21-6-4-14-29-21)15-18(23-26)20-5-3-13-28-20/h3-6,13-14,17,19H,1-2,7-12,15-16H2. The van der Waals surface area contributed by atoms with E-state index in [-0.39, 0.29) is 11.9 Å². The van der Waals surface area contributed by atoms with Crippen molar-refractivity contribution in [3.8, 4) is 0 Å². The maximum absolute atomic E-state index is 13.2. The van der Waals surface area contributed by atoms with Crippen LogP contribution in [0.15, 0.2) is 45.4 Å². The minimum atomic E-state index is -0.0234. The first-order chi connectivity index (χ1) is 14.3. The van der Waals surface area contributed by atoms with Gasteiger partial charge in [-0.05, 0) is 62.4 Å². The molecule has 3 aliphatic heterocycles. The highest BCUT2D eigenvalue weighted by Crippen LogP contribution is 2.35. The second-order valence-electron chi connectivity index (χ2n) is 8.25. The molecule has 2 saturated heterocycles. The van der Waals surface area contributed by atoms with Crippen molar-refractivity contribution in [1.82, 2.24) is 14.8 Å². The molecule has 6 nitrogen and oxygen atoms in total. The molecular formula is C22H28N4O2S. The number of furan rings is 1. The van der Waals surface area contributed by atoms with E-state index in [2.05, 4.69) is 26.3 Å². The number of hydrazone groups is 1. The van der Waals surface area contributed by atoms with Gasteiger partial charge in [-0.3, -0.25) is 9.69 Å². The summed E-state index contributed by atoms with van der Waals surface area (Å²) in [6, 6.07) is 8.60. The molecule has 29 heavy (non-hydrogen) atoms. The summed E-state index contributed by atoms with van der Waals surface area (Å²) >= 11 is 1.68. The van der Waals surface area contributed by atoms with Crippen molar-refractivity contribution in [3.63, 3.8) is 0 Å². The first kappa shape index (κ1) is 19.0. The van der Waals surface area contributed by atoms with Crippen molar-refractivity contribution in [2.24, 2.45) is 5.10 Å². The molecular weight excluding hydrogens is 384 g/mol. The molecule has 0 radical (unpaired) electrons. The first-order valence-corrected chi connectivity index (χ1v) is 11.6. The van der Waals surface area contributed by atoms with E-state index in [4.69, 9.17) is 4.42 Å². The van der Waals surface area contributed by atoms with Gasteiger partial charge in [0.1, 0.15) is 11.5 Å². The lowest BCUT2D eigenvalue weighted by Gasteiger charge is -2.36. The highest BCUT2D eigenvalue weighted by atomic mass is 32.1. The van der Waals surface area contributed by atoms with Crippen molar-refractivity contribution >= 4 is 23.0 Å². The fourth-order valence-electron chi connectivity index (χ4n) is 4.85. The van der Waals surface area contributed by atoms with Gasteiger partial charge in [-0.1, -0.05) is 6.07 Å². The molecule has 1 unspecified atom stereocenters. The maximum Gasteiger partial charge on any atom is 0.257 e. The van der Waals surface area contributed by atoms with Crippen molar-refractivity contribution in [3.05, 3.63) is 46.5 Å². The number of carbonyl (C=O) groups is 1. The number of hydrogen-bond donors (Lipinski definition) is 0. The second-order valence-corrected chi connectivity index (χ2v) is 9.23. The van der Waals surface area contributed by atoms with Crippen molar-refractivity contribution in [2.75, 3.05) is 32.7 Å². The summed E-state index contributed by atoms with van der Waals surface area (Å²) in [4.78, 5) is 19.3. The molecule has 1 atom stereocenters. The van der Waals surface area contributed by atoms with Crippen LogP contribution in [0.1, 0.15) is 48.8 Å². The molecule has 0 spiro atoms. The number of nitrogens with zero attached hydrogens (tertiary/aromatic N) is 4. The maximum atomic E-state index is 13.2. The third-order valence-corrected chi connectivity index (χ3v) is 7.39. The van der Waals surface area contributed by atoms with Gasteiger partial charge in [0.2, 0.25) is 0 Å². The monoisotopic (exact) mass is 412 g/mol. The van der Waals surface area contributed by atoms with Crippen molar-refractivity contribution < 1.29 is 9.21 Å². The molecule has 0 bridgehead atoms. The summed E-state index contributed by atoms with van der Waals surface area (Å²) < 4.78 is 5.54. The van der Waals surface area contributed by atoms with E-state index in [0.29, 0.717) is 19.0 Å². The fraction of sp³-hybridized carbons (Fsp3) is 0.545. The minimum Gasteiger partial charge on any atom is -0.463 e. The van der Waals surface area contributed by atoms with Gasteiger partial charge in [0.05, 0.1) is 18.8 Å². The number of hydrogen-bond acceptors (Lipinski definition) is 6. The van der Waals surface area contributed by atoms with Gasteiger partial charge in [0, 0.05) is 30.4 Å². The number of piperidine rings is 1. The van der Waals surface area contributed by atoms with E-state index < -0.39 is 0 Å². The fourth-order valence-corrected chi connectivity index (χ4v) is 5.66. The molecule has 5 heterocycles. The van der Waals surface area contributed by atoms with Crippen LogP contribution in [-0.4, -0.2) is 65.2 Å². The van der Waals surface area contributed by atoms with Crippen LogP contribution in [0.25, 0.3) is 0 Å². The summed E-state index contributed by atoms with van der Waals surface area (Å²) in [5.41, 5.74) is 0.856. The lowest BCUT2D eigenvalue weighted by molar-refractivity contribution is -0.134. The van der Waals surface area contributed by atoms with Gasteiger partial charge < -0.3 is 9.32 Å². The van der Waals surface area contributed by atoms with Gasteiger partial charge in [-0.15, -0.1) is 11.3 Å².